The first-order chi connectivity index (χ1) is 15.3. The predicted octanol–water partition coefficient (Wildman–Crippen LogP) is 4.22. The van der Waals surface area contributed by atoms with Crippen LogP contribution in [0.1, 0.15) is 40.9 Å². The largest absolute Gasteiger partial charge is 0.417 e. The van der Waals surface area contributed by atoms with Crippen molar-refractivity contribution in [3.8, 4) is 6.07 Å². The molecule has 0 unspecified atom stereocenters. The van der Waals surface area contributed by atoms with Crippen molar-refractivity contribution in [2.45, 2.75) is 32.1 Å². The number of rotatable bonds is 2. The Hall–Kier alpha value is -3.52. The maximum absolute atomic E-state index is 15.1. The summed E-state index contributed by atoms with van der Waals surface area (Å²) in [5.41, 5.74) is -2.88. The third kappa shape index (κ3) is 3.33. The van der Waals surface area contributed by atoms with Gasteiger partial charge in [0.05, 0.1) is 28.6 Å². The van der Waals surface area contributed by atoms with Crippen molar-refractivity contribution in [1.29, 1.82) is 5.26 Å². The molecule has 0 aromatic heterocycles. The standard InChI is InChI=1S/C22H16F4N4O2S/c1-21(2)19(32)29(13-5-4-11(9-27)15(7-13)22(24,25)26)20(33)30(21)17-8-14-12(6-16(17)23)10-28(3)18(14)31/h4-8H,10H2,1-3H3. The number of anilines is 2. The molecule has 2 aliphatic heterocycles. The topological polar surface area (TPSA) is 67.7 Å². The second-order valence-electron chi connectivity index (χ2n) is 8.28. The van der Waals surface area contributed by atoms with Crippen molar-refractivity contribution >= 4 is 40.5 Å². The minimum atomic E-state index is -4.83. The van der Waals surface area contributed by atoms with E-state index < -0.39 is 34.6 Å². The molecule has 2 aromatic carbocycles. The van der Waals surface area contributed by atoms with E-state index >= 15 is 4.39 Å². The molecular formula is C22H16F4N4O2S. The number of hydrogen-bond donors (Lipinski definition) is 0. The third-order valence-corrected chi connectivity index (χ3v) is 6.12. The Morgan fingerprint density at radius 2 is 1.82 bits per heavy atom. The van der Waals surface area contributed by atoms with Gasteiger partial charge in [-0.25, -0.2) is 4.39 Å². The average Bonchev–Trinajstić information content (AvgIpc) is 3.09. The maximum Gasteiger partial charge on any atom is 0.417 e. The molecule has 0 radical (unpaired) electrons. The summed E-state index contributed by atoms with van der Waals surface area (Å²) >= 11 is 5.41. The third-order valence-electron chi connectivity index (χ3n) is 5.75. The SMILES string of the molecule is CN1Cc2cc(F)c(N3C(=S)N(c4ccc(C#N)c(C(F)(F)F)c4)C(=O)C3(C)C)cc2C1=O. The lowest BCUT2D eigenvalue weighted by molar-refractivity contribution is -0.137. The molecule has 1 saturated heterocycles. The van der Waals surface area contributed by atoms with Crippen LogP contribution >= 0.6 is 12.2 Å². The minimum absolute atomic E-state index is 0.132. The second-order valence-corrected chi connectivity index (χ2v) is 8.64. The molecule has 0 atom stereocenters. The number of carbonyl (C=O) groups is 2. The predicted molar refractivity (Wildman–Crippen MR) is 115 cm³/mol. The van der Waals surface area contributed by atoms with E-state index in [1.54, 1.807) is 7.05 Å². The Morgan fingerprint density at radius 3 is 2.42 bits per heavy atom. The number of benzene rings is 2. The van der Waals surface area contributed by atoms with E-state index in [0.29, 0.717) is 11.6 Å². The first kappa shape index (κ1) is 22.7. The van der Waals surface area contributed by atoms with Crippen molar-refractivity contribution in [2.24, 2.45) is 0 Å². The van der Waals surface area contributed by atoms with Crippen LogP contribution in [0, 0.1) is 17.1 Å². The van der Waals surface area contributed by atoms with Gasteiger partial charge in [-0.05, 0) is 62.0 Å². The molecule has 2 aromatic rings. The Balaban J connectivity index is 1.84. The van der Waals surface area contributed by atoms with Crippen LogP contribution in [0.2, 0.25) is 0 Å². The number of fused-ring (bicyclic) bond motifs is 1. The molecule has 4 rings (SSSR count). The lowest BCUT2D eigenvalue weighted by atomic mass is 10.0. The Morgan fingerprint density at radius 1 is 1.15 bits per heavy atom. The summed E-state index contributed by atoms with van der Waals surface area (Å²) < 4.78 is 55.5. The fourth-order valence-electron chi connectivity index (χ4n) is 4.07. The summed E-state index contributed by atoms with van der Waals surface area (Å²) in [4.78, 5) is 29.1. The Bertz CT molecular complexity index is 1280. The number of hydrogen-bond acceptors (Lipinski definition) is 4. The molecule has 0 aliphatic carbocycles. The average molecular weight is 476 g/mol. The first-order valence-electron chi connectivity index (χ1n) is 9.67. The minimum Gasteiger partial charge on any atom is -0.337 e. The molecule has 0 bridgehead atoms. The molecule has 2 aliphatic rings. The van der Waals surface area contributed by atoms with Crippen LogP contribution in [0.3, 0.4) is 0 Å². The number of carbonyl (C=O) groups excluding carboxylic acids is 2. The van der Waals surface area contributed by atoms with Crippen LogP contribution in [0.5, 0.6) is 0 Å². The zero-order valence-corrected chi connectivity index (χ0v) is 18.4. The van der Waals surface area contributed by atoms with Crippen molar-refractivity contribution in [2.75, 3.05) is 16.8 Å². The highest BCUT2D eigenvalue weighted by Crippen LogP contribution is 2.41. The summed E-state index contributed by atoms with van der Waals surface area (Å²) in [7, 11) is 1.57. The summed E-state index contributed by atoms with van der Waals surface area (Å²) in [5, 5.41) is 8.78. The van der Waals surface area contributed by atoms with Gasteiger partial charge in [0.15, 0.2) is 5.11 Å². The van der Waals surface area contributed by atoms with E-state index in [1.807, 2.05) is 0 Å². The van der Waals surface area contributed by atoms with E-state index in [9.17, 15) is 22.8 Å². The van der Waals surface area contributed by atoms with Gasteiger partial charge in [0, 0.05) is 19.2 Å². The molecule has 0 saturated carbocycles. The van der Waals surface area contributed by atoms with Gasteiger partial charge < -0.3 is 9.80 Å². The Labute approximate surface area is 191 Å². The van der Waals surface area contributed by atoms with Crippen LogP contribution in [0.15, 0.2) is 30.3 Å². The van der Waals surface area contributed by atoms with Gasteiger partial charge in [-0.15, -0.1) is 0 Å². The molecule has 2 heterocycles. The van der Waals surface area contributed by atoms with Crippen LogP contribution in [0.25, 0.3) is 0 Å². The number of nitriles is 1. The number of nitrogens with zero attached hydrogens (tertiary/aromatic N) is 4. The summed E-state index contributed by atoms with van der Waals surface area (Å²) in [6, 6.07) is 6.78. The maximum atomic E-state index is 15.1. The highest BCUT2D eigenvalue weighted by atomic mass is 32.1. The molecule has 6 nitrogen and oxygen atoms in total. The summed E-state index contributed by atoms with van der Waals surface area (Å²) in [6.45, 7) is 3.14. The van der Waals surface area contributed by atoms with Gasteiger partial charge >= 0.3 is 6.18 Å². The zero-order chi connectivity index (χ0) is 24.5. The highest BCUT2D eigenvalue weighted by Gasteiger charge is 2.51. The first-order valence-corrected chi connectivity index (χ1v) is 10.1. The molecule has 0 spiro atoms. The van der Waals surface area contributed by atoms with Gasteiger partial charge in [-0.2, -0.15) is 18.4 Å². The lowest BCUT2D eigenvalue weighted by Crippen LogP contribution is -2.44. The van der Waals surface area contributed by atoms with E-state index in [0.717, 1.165) is 11.0 Å². The van der Waals surface area contributed by atoms with Gasteiger partial charge in [-0.3, -0.25) is 14.5 Å². The highest BCUT2D eigenvalue weighted by molar-refractivity contribution is 7.81. The molecule has 33 heavy (non-hydrogen) atoms. The number of thiocarbonyl (C=S) groups is 1. The number of amides is 2. The number of alkyl halides is 3. The van der Waals surface area contributed by atoms with Gasteiger partial charge in [0.25, 0.3) is 11.8 Å². The monoisotopic (exact) mass is 476 g/mol. The molecular weight excluding hydrogens is 460 g/mol. The number of halogens is 4. The van der Waals surface area contributed by atoms with E-state index in [4.69, 9.17) is 17.5 Å². The van der Waals surface area contributed by atoms with Crippen LogP contribution in [-0.2, 0) is 17.5 Å². The van der Waals surface area contributed by atoms with Crippen molar-refractivity contribution in [1.82, 2.24) is 4.90 Å². The molecule has 2 amide bonds. The van der Waals surface area contributed by atoms with E-state index in [-0.39, 0.29) is 34.5 Å². The van der Waals surface area contributed by atoms with E-state index in [2.05, 4.69) is 0 Å². The van der Waals surface area contributed by atoms with Crippen LogP contribution in [0.4, 0.5) is 28.9 Å². The quantitative estimate of drug-likeness (QED) is 0.480. The fourth-order valence-corrected chi connectivity index (χ4v) is 4.58. The van der Waals surface area contributed by atoms with Crippen LogP contribution in [-0.4, -0.2) is 34.4 Å². The molecule has 1 fully saturated rings. The fraction of sp³-hybridized carbons (Fsp3) is 0.273. The van der Waals surface area contributed by atoms with Crippen molar-refractivity contribution in [3.05, 3.63) is 58.4 Å². The second kappa shape index (κ2) is 7.25. The van der Waals surface area contributed by atoms with Crippen molar-refractivity contribution in [3.63, 3.8) is 0 Å². The normalized spacial score (nSPS) is 17.6. The summed E-state index contributed by atoms with van der Waals surface area (Å²) in [5.74, 6) is -1.73. The smallest absolute Gasteiger partial charge is 0.337 e. The van der Waals surface area contributed by atoms with Crippen LogP contribution < -0.4 is 9.80 Å². The van der Waals surface area contributed by atoms with Gasteiger partial charge in [0.2, 0.25) is 0 Å². The Kier molecular flexibility index (Phi) is 4.98. The van der Waals surface area contributed by atoms with Gasteiger partial charge in [0.1, 0.15) is 11.4 Å². The molecule has 11 heteroatoms. The zero-order valence-electron chi connectivity index (χ0n) is 17.6. The molecule has 170 valence electrons. The molecule has 0 N–H and O–H groups in total. The van der Waals surface area contributed by atoms with E-state index in [1.165, 1.54) is 47.9 Å². The van der Waals surface area contributed by atoms with Gasteiger partial charge in [-0.1, -0.05) is 0 Å². The van der Waals surface area contributed by atoms with Crippen molar-refractivity contribution < 1.29 is 27.2 Å². The summed E-state index contributed by atoms with van der Waals surface area (Å²) in [6.07, 6.45) is -4.83. The lowest BCUT2D eigenvalue weighted by Gasteiger charge is -2.30.